The zero-order chi connectivity index (χ0) is 31.3. The summed E-state index contributed by atoms with van der Waals surface area (Å²) >= 11 is 0. The first-order chi connectivity index (χ1) is 18.9. The van der Waals surface area contributed by atoms with Crippen molar-refractivity contribution in [3.05, 3.63) is 0 Å². The summed E-state index contributed by atoms with van der Waals surface area (Å²) in [5, 5.41) is 56.2. The van der Waals surface area contributed by atoms with Gasteiger partial charge in [-0.3, -0.25) is 4.90 Å². The first-order valence-electron chi connectivity index (χ1n) is 13.8. The molecule has 0 aromatic rings. The van der Waals surface area contributed by atoms with Gasteiger partial charge in [-0.25, -0.2) is 6.29 Å². The summed E-state index contributed by atoms with van der Waals surface area (Å²) < 4.78 is 0. The molecule has 18 heteroatoms. The average molecular weight is 666 g/mol. The number of carboxylic acid groups (broad SMARTS) is 2. The van der Waals surface area contributed by atoms with E-state index >= 15 is 0 Å². The first kappa shape index (κ1) is 60.4. The molecule has 44 heavy (non-hydrogen) atoms. The third-order valence-electron chi connectivity index (χ3n) is 5.18. The van der Waals surface area contributed by atoms with Gasteiger partial charge in [0.1, 0.15) is 6.09 Å². The number of nitrogens with zero attached hydrogens (tertiary/aromatic N) is 3. The zero-order valence-corrected chi connectivity index (χ0v) is 34.8. The van der Waals surface area contributed by atoms with Gasteiger partial charge in [0, 0.05) is 83.6 Å². The topological polar surface area (TPSA) is 234 Å². The van der Waals surface area contributed by atoms with Gasteiger partial charge in [0.25, 0.3) is 0 Å². The second kappa shape index (κ2) is 44.0. The van der Waals surface area contributed by atoms with Crippen LogP contribution in [0.4, 0.5) is 4.79 Å². The van der Waals surface area contributed by atoms with E-state index in [0.717, 1.165) is 18.0 Å². The van der Waals surface area contributed by atoms with E-state index < -0.39 is 12.1 Å². The Kier molecular flexibility index (Phi) is 60.4. The molecule has 0 aliphatic carbocycles. The van der Waals surface area contributed by atoms with Crippen molar-refractivity contribution < 1.29 is 134 Å². The van der Waals surface area contributed by atoms with E-state index in [4.69, 9.17) is 15.3 Å². The molecule has 0 saturated carbocycles. The van der Waals surface area contributed by atoms with Gasteiger partial charge in [-0.15, -0.1) is 0 Å². The van der Waals surface area contributed by atoms with Crippen LogP contribution in [-0.4, -0.2) is 164 Å². The number of carbonyl (C=O) groups excluding carboxylic acids is 3. The van der Waals surface area contributed by atoms with E-state index in [1.165, 1.54) is 0 Å². The van der Waals surface area contributed by atoms with Crippen molar-refractivity contribution in [2.45, 2.75) is 59.7 Å². The second-order valence-corrected chi connectivity index (χ2v) is 9.75. The summed E-state index contributed by atoms with van der Waals surface area (Å²) in [4.78, 5) is 35.7. The largest absolute Gasteiger partial charge is 1.00 e. The fraction of sp³-hybridized carbons (Fsp3) is 0.885. The molecule has 0 saturated heterocycles. The van der Waals surface area contributed by atoms with Gasteiger partial charge in [-0.1, -0.05) is 34.2 Å². The number of aliphatic carboxylic acids is 1. The van der Waals surface area contributed by atoms with Crippen LogP contribution in [-0.2, 0) is 9.59 Å². The van der Waals surface area contributed by atoms with E-state index in [9.17, 15) is 24.6 Å². The standard InChI is InChI=1S/C10H19N2O4.C9H20N2O3.C7H18N2O.3Na.H2O/c1-9(2)11(5-7-13)3-4-12(6-8-14)10(15)16;1-8(2)10-3-4-11(5-6-12)7-9(13)14;1-7(2)9-4-3-8-5-6-10;;;;/h9,14H,3-6,8H2,1-2H3,(H,15,16);8,10,12H,3-7H2,1-2H3,(H,13,14);7-10H,3-6H2,1-2H3;;;;1H2/q-1;;;3*+1;/p-3. The summed E-state index contributed by atoms with van der Waals surface area (Å²) in [6.07, 6.45) is 0.467. The predicted octanol–water partition coefficient (Wildman–Crippen LogP) is -13.1. The van der Waals surface area contributed by atoms with Gasteiger partial charge in [0.2, 0.25) is 0 Å². The normalized spacial score (nSPS) is 9.95. The van der Waals surface area contributed by atoms with Crippen LogP contribution in [0.15, 0.2) is 0 Å². The van der Waals surface area contributed by atoms with Gasteiger partial charge < -0.3 is 71.1 Å². The van der Waals surface area contributed by atoms with Crippen molar-refractivity contribution in [3.63, 3.8) is 0 Å². The summed E-state index contributed by atoms with van der Waals surface area (Å²) in [6.45, 7) is 17.0. The number of carbonyl (C=O) groups is 2. The third kappa shape index (κ3) is 47.5. The Balaban J connectivity index is -0.0000000913. The maximum Gasteiger partial charge on any atom is 1.00 e. The Morgan fingerprint density at radius 2 is 1.25 bits per heavy atom. The van der Waals surface area contributed by atoms with Crippen molar-refractivity contribution in [2.24, 2.45) is 0 Å². The Hall–Kier alpha value is 1.05. The molecule has 15 nitrogen and oxygen atoms in total. The fourth-order valence-corrected chi connectivity index (χ4v) is 3.03. The van der Waals surface area contributed by atoms with Gasteiger partial charge >= 0.3 is 88.7 Å². The van der Waals surface area contributed by atoms with Crippen LogP contribution in [0, 0.1) is 0 Å². The van der Waals surface area contributed by atoms with Crippen molar-refractivity contribution in [3.8, 4) is 0 Å². The van der Waals surface area contributed by atoms with Crippen LogP contribution in [0.3, 0.4) is 0 Å². The molecule has 0 bridgehead atoms. The van der Waals surface area contributed by atoms with Crippen molar-refractivity contribution >= 4 is 18.3 Å². The Morgan fingerprint density at radius 3 is 1.64 bits per heavy atom. The molecule has 0 aliphatic rings. The van der Waals surface area contributed by atoms with Crippen molar-refractivity contribution in [1.82, 2.24) is 30.7 Å². The number of rotatable bonds is 22. The molecule has 0 aromatic heterocycles. The SMILES string of the molecule is CC(C)N(C[C-]=O)CCN(CCO)C(=O)[O-].CC(C)NCCN(CCO)CC(=O)[O-].CC(C)NCCNCCO.[Na+].[Na+].[Na+].[OH-]. The van der Waals surface area contributed by atoms with E-state index in [1.54, 1.807) is 16.1 Å². The van der Waals surface area contributed by atoms with Crippen molar-refractivity contribution in [1.29, 1.82) is 0 Å². The van der Waals surface area contributed by atoms with Gasteiger partial charge in [0.05, 0.1) is 25.8 Å². The fourth-order valence-electron chi connectivity index (χ4n) is 3.03. The second-order valence-electron chi connectivity index (χ2n) is 9.75. The summed E-state index contributed by atoms with van der Waals surface area (Å²) in [5.41, 5.74) is 0. The molecule has 0 rings (SSSR count). The minimum Gasteiger partial charge on any atom is -0.870 e. The molecule has 0 heterocycles. The Morgan fingerprint density at radius 1 is 0.727 bits per heavy atom. The molecule has 1 amide bonds. The number of nitrogens with one attached hydrogen (secondary N) is 3. The molecular weight excluding hydrogens is 609 g/mol. The summed E-state index contributed by atoms with van der Waals surface area (Å²) in [6, 6.07) is 1.07. The van der Waals surface area contributed by atoms with E-state index in [1.807, 2.05) is 27.7 Å². The molecule has 0 aliphatic heterocycles. The number of amides is 1. The number of aliphatic hydroxyl groups is 3. The zero-order valence-electron chi connectivity index (χ0n) is 28.8. The average Bonchev–Trinajstić information content (AvgIpc) is 2.85. The number of hydrogen-bond acceptors (Lipinski definition) is 14. The summed E-state index contributed by atoms with van der Waals surface area (Å²) in [5.74, 6) is -1.11. The quantitative estimate of drug-likeness (QED) is 0.0358. The van der Waals surface area contributed by atoms with Gasteiger partial charge in [0.15, 0.2) is 0 Å². The van der Waals surface area contributed by atoms with Crippen LogP contribution >= 0.6 is 0 Å². The molecule has 7 N–H and O–H groups in total. The molecule has 248 valence electrons. The first-order valence-corrected chi connectivity index (χ1v) is 13.8. The van der Waals surface area contributed by atoms with Crippen molar-refractivity contribution in [2.75, 3.05) is 91.8 Å². The van der Waals surface area contributed by atoms with Crippen LogP contribution in [0.25, 0.3) is 0 Å². The van der Waals surface area contributed by atoms with E-state index in [0.29, 0.717) is 44.8 Å². The molecule has 0 aromatic carbocycles. The molecule has 0 unspecified atom stereocenters. The summed E-state index contributed by atoms with van der Waals surface area (Å²) in [7, 11) is 0. The smallest absolute Gasteiger partial charge is 0.870 e. The number of carboxylic acids is 1. The minimum atomic E-state index is -1.31. The van der Waals surface area contributed by atoms with Gasteiger partial charge in [-0.05, 0) is 13.8 Å². The van der Waals surface area contributed by atoms with Gasteiger partial charge in [-0.2, -0.15) is 0 Å². The maximum atomic E-state index is 10.6. The predicted molar refractivity (Wildman–Crippen MR) is 153 cm³/mol. The Labute approximate surface area is 331 Å². The molecule has 0 spiro atoms. The molecular formula is C26H56N6Na3O9-. The van der Waals surface area contributed by atoms with E-state index in [-0.39, 0.29) is 146 Å². The van der Waals surface area contributed by atoms with Crippen LogP contribution < -0.4 is 115 Å². The number of aliphatic hydroxyl groups excluding tert-OH is 3. The molecule has 0 atom stereocenters. The van der Waals surface area contributed by atoms with Crippen LogP contribution in [0.2, 0.25) is 0 Å². The number of hydrogen-bond donors (Lipinski definition) is 6. The van der Waals surface area contributed by atoms with Crippen LogP contribution in [0.5, 0.6) is 0 Å². The Bertz CT molecular complexity index is 618. The third-order valence-corrected chi connectivity index (χ3v) is 5.18. The monoisotopic (exact) mass is 665 g/mol. The maximum absolute atomic E-state index is 10.6. The van der Waals surface area contributed by atoms with Crippen LogP contribution in [0.1, 0.15) is 41.5 Å². The van der Waals surface area contributed by atoms with E-state index in [2.05, 4.69) is 29.8 Å². The minimum absolute atomic E-state index is 0. The molecule has 0 radical (unpaired) electrons. The molecule has 0 fully saturated rings.